The molecule has 0 saturated carbocycles. The van der Waals surface area contributed by atoms with E-state index in [9.17, 15) is 0 Å². The third-order valence-corrected chi connectivity index (χ3v) is 0.358. The maximum absolute atomic E-state index is 7.93. The topological polar surface area (TPSA) is 46.2 Å². The molecule has 0 aliphatic heterocycles. The second kappa shape index (κ2) is 4.66. The van der Waals surface area contributed by atoms with E-state index in [-0.39, 0.29) is 0 Å². The number of aliphatic hydroxyl groups is 1. The van der Waals surface area contributed by atoms with Crippen molar-refractivity contribution >= 4 is 0 Å². The Hall–Kier alpha value is -0.340. The Labute approximate surface area is 37.3 Å². The summed E-state index contributed by atoms with van der Waals surface area (Å²) in [4.78, 5) is 0. The molecule has 0 unspecified atom stereocenters. The van der Waals surface area contributed by atoms with Crippen molar-refractivity contribution in [2.45, 2.75) is 0 Å². The van der Waals surface area contributed by atoms with E-state index in [1.54, 1.807) is 6.08 Å². The molecule has 0 aliphatic carbocycles. The SMILES string of the molecule is NCC=C[CH]O. The van der Waals surface area contributed by atoms with Crippen LogP contribution in [0.15, 0.2) is 12.2 Å². The van der Waals surface area contributed by atoms with Gasteiger partial charge >= 0.3 is 0 Å². The average molecular weight is 86.1 g/mol. The molecule has 0 aliphatic rings. The van der Waals surface area contributed by atoms with Gasteiger partial charge in [0.1, 0.15) is 6.61 Å². The highest BCUT2D eigenvalue weighted by Gasteiger charge is 1.61. The molecule has 0 saturated heterocycles. The molecular weight excluding hydrogens is 78.0 g/mol. The minimum Gasteiger partial charge on any atom is -0.386 e. The maximum atomic E-state index is 7.93. The first-order valence-corrected chi connectivity index (χ1v) is 1.74. The van der Waals surface area contributed by atoms with Gasteiger partial charge in [-0.15, -0.1) is 0 Å². The molecule has 0 amide bonds. The monoisotopic (exact) mass is 86.1 g/mol. The first kappa shape index (κ1) is 5.66. The zero-order chi connectivity index (χ0) is 4.83. The second-order valence-electron chi connectivity index (χ2n) is 0.813. The summed E-state index contributed by atoms with van der Waals surface area (Å²) in [6.45, 7) is 1.43. The molecule has 1 radical (unpaired) electrons. The van der Waals surface area contributed by atoms with Crippen LogP contribution in [0, 0.1) is 6.61 Å². The molecule has 0 rings (SSSR count). The number of hydrogen-bond acceptors (Lipinski definition) is 2. The van der Waals surface area contributed by atoms with Gasteiger partial charge in [0.25, 0.3) is 0 Å². The van der Waals surface area contributed by atoms with Crippen molar-refractivity contribution in [3.8, 4) is 0 Å². The van der Waals surface area contributed by atoms with Crippen LogP contribution in [0.5, 0.6) is 0 Å². The van der Waals surface area contributed by atoms with Gasteiger partial charge in [-0.05, 0) is 0 Å². The fourth-order valence-corrected chi connectivity index (χ4v) is 0.139. The highest BCUT2D eigenvalue weighted by molar-refractivity contribution is 4.88. The summed E-state index contributed by atoms with van der Waals surface area (Å²) in [5.41, 5.74) is 5.00. The van der Waals surface area contributed by atoms with E-state index in [1.807, 2.05) is 0 Å². The molecule has 0 aromatic carbocycles. The van der Waals surface area contributed by atoms with E-state index in [4.69, 9.17) is 10.8 Å². The van der Waals surface area contributed by atoms with Gasteiger partial charge in [-0.1, -0.05) is 12.2 Å². The normalized spacial score (nSPS) is 10.3. The Bertz CT molecular complexity index is 36.8. The predicted octanol–water partition coefficient (Wildman–Crippen LogP) is 0.0356. The van der Waals surface area contributed by atoms with Crippen molar-refractivity contribution in [2.75, 3.05) is 6.54 Å². The van der Waals surface area contributed by atoms with E-state index in [1.165, 1.54) is 6.08 Å². The van der Waals surface area contributed by atoms with Gasteiger partial charge in [-0.25, -0.2) is 0 Å². The minimum absolute atomic E-state index is 0.483. The van der Waals surface area contributed by atoms with Gasteiger partial charge in [0.15, 0.2) is 0 Å². The molecule has 0 bridgehead atoms. The summed E-state index contributed by atoms with van der Waals surface area (Å²) in [5.74, 6) is 0. The fraction of sp³-hybridized carbons (Fsp3) is 0.250. The highest BCUT2D eigenvalue weighted by Crippen LogP contribution is 1.67. The maximum Gasteiger partial charge on any atom is 0.102 e. The summed E-state index contributed by atoms with van der Waals surface area (Å²) < 4.78 is 0. The van der Waals surface area contributed by atoms with E-state index in [0.29, 0.717) is 6.54 Å². The predicted molar refractivity (Wildman–Crippen MR) is 24.4 cm³/mol. The second-order valence-corrected chi connectivity index (χ2v) is 0.813. The van der Waals surface area contributed by atoms with Gasteiger partial charge in [0.2, 0.25) is 0 Å². The number of rotatable bonds is 2. The Morgan fingerprint density at radius 2 is 2.33 bits per heavy atom. The van der Waals surface area contributed by atoms with Gasteiger partial charge in [-0.2, -0.15) is 0 Å². The van der Waals surface area contributed by atoms with Crippen LogP contribution < -0.4 is 5.73 Å². The van der Waals surface area contributed by atoms with E-state index in [2.05, 4.69) is 0 Å². The summed E-state index contributed by atoms with van der Waals surface area (Å²) in [6.07, 6.45) is 3.14. The van der Waals surface area contributed by atoms with Crippen LogP contribution in [0.3, 0.4) is 0 Å². The number of nitrogens with two attached hydrogens (primary N) is 1. The standard InChI is InChI=1S/C4H8NO/c5-3-1-2-4-6/h1-2,4,6H,3,5H2. The molecule has 3 N–H and O–H groups in total. The van der Waals surface area contributed by atoms with Crippen molar-refractivity contribution in [3.63, 3.8) is 0 Å². The summed E-state index contributed by atoms with van der Waals surface area (Å²) in [6, 6.07) is 0. The summed E-state index contributed by atoms with van der Waals surface area (Å²) in [5, 5.41) is 7.93. The van der Waals surface area contributed by atoms with Crippen LogP contribution in [0.1, 0.15) is 0 Å². The lowest BCUT2D eigenvalue weighted by atomic mass is 10.5. The van der Waals surface area contributed by atoms with Crippen LogP contribution in [0.25, 0.3) is 0 Å². The lowest BCUT2D eigenvalue weighted by Crippen LogP contribution is -1.91. The van der Waals surface area contributed by atoms with Crippen LogP contribution in [0.2, 0.25) is 0 Å². The Morgan fingerprint density at radius 1 is 1.67 bits per heavy atom. The molecule has 0 fully saturated rings. The van der Waals surface area contributed by atoms with Crippen LogP contribution in [0.4, 0.5) is 0 Å². The largest absolute Gasteiger partial charge is 0.386 e. The average Bonchev–Trinajstić information content (AvgIpc) is 1.61. The molecule has 35 valence electrons. The molecule has 0 spiro atoms. The minimum atomic E-state index is 0.483. The Morgan fingerprint density at radius 3 is 2.50 bits per heavy atom. The van der Waals surface area contributed by atoms with Crippen molar-refractivity contribution in [1.29, 1.82) is 0 Å². The molecule has 2 heteroatoms. The number of hydrogen-bond donors (Lipinski definition) is 2. The molecule has 6 heavy (non-hydrogen) atoms. The van der Waals surface area contributed by atoms with Gasteiger partial charge < -0.3 is 10.8 Å². The number of aliphatic hydroxyl groups excluding tert-OH is 1. The smallest absolute Gasteiger partial charge is 0.102 e. The summed E-state index contributed by atoms with van der Waals surface area (Å²) in [7, 11) is 0. The zero-order valence-corrected chi connectivity index (χ0v) is 3.46. The highest BCUT2D eigenvalue weighted by atomic mass is 16.2. The van der Waals surface area contributed by atoms with E-state index >= 15 is 0 Å². The van der Waals surface area contributed by atoms with E-state index in [0.717, 1.165) is 6.61 Å². The van der Waals surface area contributed by atoms with Crippen LogP contribution >= 0.6 is 0 Å². The molecule has 0 aromatic rings. The van der Waals surface area contributed by atoms with Crippen LogP contribution in [-0.2, 0) is 0 Å². The quantitative estimate of drug-likeness (QED) is 0.498. The lowest BCUT2D eigenvalue weighted by Gasteiger charge is -1.72. The third kappa shape index (κ3) is 3.66. The van der Waals surface area contributed by atoms with Crippen LogP contribution in [-0.4, -0.2) is 11.7 Å². The molecule has 0 aromatic heterocycles. The lowest BCUT2D eigenvalue weighted by molar-refractivity contribution is 0.420. The van der Waals surface area contributed by atoms with E-state index < -0.39 is 0 Å². The molecule has 0 atom stereocenters. The first-order valence-electron chi connectivity index (χ1n) is 1.74. The van der Waals surface area contributed by atoms with Crippen molar-refractivity contribution < 1.29 is 5.11 Å². The van der Waals surface area contributed by atoms with Gasteiger partial charge in [-0.3, -0.25) is 0 Å². The molecule has 2 nitrogen and oxygen atoms in total. The van der Waals surface area contributed by atoms with Gasteiger partial charge in [0, 0.05) is 6.54 Å². The van der Waals surface area contributed by atoms with Crippen molar-refractivity contribution in [3.05, 3.63) is 18.8 Å². The molecule has 0 heterocycles. The van der Waals surface area contributed by atoms with Gasteiger partial charge in [0.05, 0.1) is 0 Å². The summed E-state index contributed by atoms with van der Waals surface area (Å²) >= 11 is 0. The Kier molecular flexibility index (Phi) is 4.40. The Balaban J connectivity index is 2.73. The zero-order valence-electron chi connectivity index (χ0n) is 3.46. The third-order valence-electron chi connectivity index (χ3n) is 0.358. The van der Waals surface area contributed by atoms with Crippen molar-refractivity contribution in [1.82, 2.24) is 0 Å². The van der Waals surface area contributed by atoms with Crippen molar-refractivity contribution in [2.24, 2.45) is 5.73 Å². The molecular formula is C4H8NO. The first-order chi connectivity index (χ1) is 2.91. The fourth-order valence-electron chi connectivity index (χ4n) is 0.139.